The molecule has 9 rings (SSSR count). The molecular weight excluding hydrogens is 711 g/mol. The number of carbonyl (C=O) groups is 3. The van der Waals surface area contributed by atoms with E-state index in [1.54, 1.807) is 41.4 Å². The molecule has 0 bridgehead atoms. The van der Waals surface area contributed by atoms with Crippen LogP contribution in [0.4, 0.5) is 17.5 Å². The molecule has 292 valence electrons. The summed E-state index contributed by atoms with van der Waals surface area (Å²) < 4.78 is 5.32. The Labute approximate surface area is 324 Å². The second-order valence-electron chi connectivity index (χ2n) is 16.5. The fraction of sp³-hybridized carbons (Fsp3) is 0.488. The predicted molar refractivity (Wildman–Crippen MR) is 213 cm³/mol. The Morgan fingerprint density at radius 1 is 0.982 bits per heavy atom. The molecule has 4 aliphatic rings. The molecule has 1 saturated carbocycles. The summed E-state index contributed by atoms with van der Waals surface area (Å²) in [6.45, 7) is 6.04. The highest BCUT2D eigenvalue weighted by atomic mass is 16.2. The lowest BCUT2D eigenvalue weighted by atomic mass is 9.71. The first kappa shape index (κ1) is 36.1. The van der Waals surface area contributed by atoms with Crippen LogP contribution in [0.3, 0.4) is 0 Å². The standard InChI is InChI=1S/C41H49N11O4/c1-25(26-12-14-33(42-21-26)44-39-43-22-27-20-32(38(55)47(2)3)51(36(27)46-39)28-8-5-6-9-28)50-23-41(24-50)16-18-49(19-17-41)29-10-7-11-30-35(29)48(4)40(56)52(30)31-13-15-34(53)45-37(31)54/h7,10-12,14,20-22,25,28,31H,5-6,8-9,13,15-19,23-24H2,1-4H3,(H,45,53,54)(H,42,43,44,46)/t25-,31-/m0/s1. The maximum Gasteiger partial charge on any atom is 0.329 e. The molecule has 1 aromatic carbocycles. The molecule has 3 amide bonds. The van der Waals surface area contributed by atoms with Crippen molar-refractivity contribution in [3.05, 3.63) is 70.5 Å². The average molecular weight is 760 g/mol. The number of imidazole rings is 1. The quantitative estimate of drug-likeness (QED) is 0.213. The molecule has 15 nitrogen and oxygen atoms in total. The van der Waals surface area contributed by atoms with Crippen molar-refractivity contribution in [1.82, 2.24) is 43.8 Å². The van der Waals surface area contributed by atoms with Gasteiger partial charge in [-0.15, -0.1) is 0 Å². The second kappa shape index (κ2) is 13.9. The van der Waals surface area contributed by atoms with Gasteiger partial charge in [-0.1, -0.05) is 25.0 Å². The number of imide groups is 1. The van der Waals surface area contributed by atoms with Gasteiger partial charge in [0.05, 0.1) is 16.7 Å². The normalized spacial score (nSPS) is 20.8. The Balaban J connectivity index is 0.843. The molecule has 0 radical (unpaired) electrons. The average Bonchev–Trinajstić information content (AvgIpc) is 3.91. The minimum atomic E-state index is -0.700. The Morgan fingerprint density at radius 2 is 1.75 bits per heavy atom. The third kappa shape index (κ3) is 6.12. The highest BCUT2D eigenvalue weighted by Gasteiger charge is 2.46. The smallest absolute Gasteiger partial charge is 0.329 e. The maximum atomic E-state index is 13.5. The van der Waals surface area contributed by atoms with Crippen molar-refractivity contribution in [1.29, 1.82) is 0 Å². The minimum Gasteiger partial charge on any atom is -0.370 e. The van der Waals surface area contributed by atoms with E-state index in [-0.39, 0.29) is 41.4 Å². The van der Waals surface area contributed by atoms with E-state index in [1.165, 1.54) is 0 Å². The largest absolute Gasteiger partial charge is 0.370 e. The van der Waals surface area contributed by atoms with Crippen molar-refractivity contribution in [3.63, 3.8) is 0 Å². The zero-order chi connectivity index (χ0) is 38.9. The summed E-state index contributed by atoms with van der Waals surface area (Å²) in [5.41, 5.74) is 5.13. The first-order valence-corrected chi connectivity index (χ1v) is 19.9. The topological polar surface area (TPSA) is 156 Å². The van der Waals surface area contributed by atoms with Crippen molar-refractivity contribution in [2.75, 3.05) is 50.5 Å². The van der Waals surface area contributed by atoms with Gasteiger partial charge in [0.1, 0.15) is 23.2 Å². The summed E-state index contributed by atoms with van der Waals surface area (Å²) in [6, 6.07) is 11.7. The molecular formula is C41H49N11O4. The van der Waals surface area contributed by atoms with E-state index in [1.807, 2.05) is 30.5 Å². The number of likely N-dealkylation sites (tertiary alicyclic amines) is 1. The highest BCUT2D eigenvalue weighted by Crippen LogP contribution is 2.45. The molecule has 56 heavy (non-hydrogen) atoms. The van der Waals surface area contributed by atoms with E-state index in [4.69, 9.17) is 9.97 Å². The van der Waals surface area contributed by atoms with Crippen LogP contribution in [0, 0.1) is 5.41 Å². The number of pyridine rings is 1. The first-order chi connectivity index (χ1) is 27.0. The summed E-state index contributed by atoms with van der Waals surface area (Å²) in [5.74, 6) is 0.369. The number of para-hydroxylation sites is 1. The van der Waals surface area contributed by atoms with Gasteiger partial charge in [-0.05, 0) is 74.3 Å². The van der Waals surface area contributed by atoms with Crippen molar-refractivity contribution in [3.8, 4) is 0 Å². The molecule has 3 aliphatic heterocycles. The lowest BCUT2D eigenvalue weighted by Crippen LogP contribution is -2.60. The van der Waals surface area contributed by atoms with Gasteiger partial charge in [0, 0.05) is 83.6 Å². The fourth-order valence-electron chi connectivity index (χ4n) is 9.58. The SMILES string of the molecule is C[C@@H](c1ccc(Nc2ncc3cc(C(=O)N(C)C)n(C4CCCC4)c3n2)nc1)N1CC2(CCN(c3cccc4c3n(C)c(=O)n4[C@H]3CCC(=O)NC3=O)CC2)C1. The number of aromatic nitrogens is 6. The third-order valence-corrected chi connectivity index (χ3v) is 12.8. The van der Waals surface area contributed by atoms with Gasteiger partial charge in [-0.3, -0.25) is 33.7 Å². The zero-order valence-corrected chi connectivity index (χ0v) is 32.5. The zero-order valence-electron chi connectivity index (χ0n) is 32.5. The molecule has 4 aromatic heterocycles. The summed E-state index contributed by atoms with van der Waals surface area (Å²) in [6.07, 6.45) is 10.7. The number of rotatable bonds is 8. The molecule has 5 aromatic rings. The number of aryl methyl sites for hydroxylation is 1. The van der Waals surface area contributed by atoms with Gasteiger partial charge >= 0.3 is 5.69 Å². The Bertz CT molecular complexity index is 2410. The molecule has 1 aliphatic carbocycles. The van der Waals surface area contributed by atoms with Crippen LogP contribution in [0.1, 0.15) is 92.5 Å². The number of carbonyl (C=O) groups excluding carboxylic acids is 3. The summed E-state index contributed by atoms with van der Waals surface area (Å²) in [4.78, 5) is 71.8. The Kier molecular flexibility index (Phi) is 8.94. The fourth-order valence-corrected chi connectivity index (χ4v) is 9.58. The van der Waals surface area contributed by atoms with Crippen LogP contribution in [-0.2, 0) is 16.6 Å². The number of anilines is 3. The van der Waals surface area contributed by atoms with E-state index in [0.29, 0.717) is 23.9 Å². The summed E-state index contributed by atoms with van der Waals surface area (Å²) >= 11 is 0. The number of nitrogens with one attached hydrogen (secondary N) is 2. The third-order valence-electron chi connectivity index (χ3n) is 12.8. The summed E-state index contributed by atoms with van der Waals surface area (Å²) in [5, 5.41) is 6.55. The van der Waals surface area contributed by atoms with E-state index in [2.05, 4.69) is 49.0 Å². The van der Waals surface area contributed by atoms with Crippen molar-refractivity contribution >= 4 is 57.2 Å². The van der Waals surface area contributed by atoms with Gasteiger partial charge in [-0.25, -0.2) is 14.8 Å². The van der Waals surface area contributed by atoms with Crippen molar-refractivity contribution < 1.29 is 14.4 Å². The summed E-state index contributed by atoms with van der Waals surface area (Å²) in [7, 11) is 5.32. The van der Waals surface area contributed by atoms with Crippen LogP contribution in [0.2, 0.25) is 0 Å². The number of benzene rings is 1. The Morgan fingerprint density at radius 3 is 2.45 bits per heavy atom. The van der Waals surface area contributed by atoms with Gasteiger partial charge < -0.3 is 19.7 Å². The van der Waals surface area contributed by atoms with E-state index in [9.17, 15) is 19.2 Å². The van der Waals surface area contributed by atoms with Crippen LogP contribution in [-0.4, -0.2) is 96.4 Å². The predicted octanol–water partition coefficient (Wildman–Crippen LogP) is 4.68. The number of hydrogen-bond donors (Lipinski definition) is 2. The number of piperidine rings is 2. The van der Waals surface area contributed by atoms with Crippen LogP contribution >= 0.6 is 0 Å². The Hall–Kier alpha value is -5.57. The molecule has 15 heteroatoms. The van der Waals surface area contributed by atoms with E-state index >= 15 is 0 Å². The van der Waals surface area contributed by atoms with Gasteiger partial charge in [0.2, 0.25) is 17.8 Å². The van der Waals surface area contributed by atoms with Gasteiger partial charge in [-0.2, -0.15) is 4.98 Å². The van der Waals surface area contributed by atoms with Crippen LogP contribution in [0.15, 0.2) is 53.6 Å². The van der Waals surface area contributed by atoms with Gasteiger partial charge in [0.15, 0.2) is 0 Å². The van der Waals surface area contributed by atoms with Crippen molar-refractivity contribution in [2.45, 2.75) is 76.4 Å². The lowest BCUT2D eigenvalue weighted by Gasteiger charge is -2.56. The number of nitrogens with zero attached hydrogens (tertiary/aromatic N) is 9. The van der Waals surface area contributed by atoms with Gasteiger partial charge in [0.25, 0.3) is 5.91 Å². The molecule has 2 atom stereocenters. The molecule has 3 saturated heterocycles. The minimum absolute atomic E-state index is 0.0298. The molecule has 7 heterocycles. The lowest BCUT2D eigenvalue weighted by molar-refractivity contribution is -0.135. The monoisotopic (exact) mass is 759 g/mol. The molecule has 4 fully saturated rings. The van der Waals surface area contributed by atoms with Crippen LogP contribution in [0.5, 0.6) is 0 Å². The molecule has 0 unspecified atom stereocenters. The number of fused-ring (bicyclic) bond motifs is 2. The van der Waals surface area contributed by atoms with E-state index in [0.717, 1.165) is 98.0 Å². The van der Waals surface area contributed by atoms with Crippen LogP contribution in [0.25, 0.3) is 22.1 Å². The highest BCUT2D eigenvalue weighted by molar-refractivity contribution is 6.01. The molecule has 1 spiro atoms. The molecule has 2 N–H and O–H groups in total. The maximum absolute atomic E-state index is 13.5. The van der Waals surface area contributed by atoms with E-state index < -0.39 is 11.9 Å². The van der Waals surface area contributed by atoms with Crippen LogP contribution < -0.4 is 21.2 Å². The number of amides is 3. The first-order valence-electron chi connectivity index (χ1n) is 19.9. The number of hydrogen-bond acceptors (Lipinski definition) is 10. The van der Waals surface area contributed by atoms with Crippen molar-refractivity contribution in [2.24, 2.45) is 12.5 Å². The second-order valence-corrected chi connectivity index (χ2v) is 16.5.